The van der Waals surface area contributed by atoms with Crippen molar-refractivity contribution in [3.05, 3.63) is 54.1 Å². The van der Waals surface area contributed by atoms with Crippen molar-refractivity contribution in [2.45, 2.75) is 29.9 Å². The van der Waals surface area contributed by atoms with Crippen molar-refractivity contribution in [3.63, 3.8) is 0 Å². The SMILES string of the molecule is C[C@H]1CC(=O)Nc2ccccc2N1C(=O)CSc1nnc(Nc2ccccc2C(F)(F)F)s1. The Hall–Kier alpha value is -3.12. The van der Waals surface area contributed by atoms with E-state index in [1.807, 2.05) is 0 Å². The van der Waals surface area contributed by atoms with Crippen LogP contribution in [0.25, 0.3) is 0 Å². The molecule has 7 nitrogen and oxygen atoms in total. The van der Waals surface area contributed by atoms with E-state index in [1.54, 1.807) is 36.1 Å². The van der Waals surface area contributed by atoms with Gasteiger partial charge < -0.3 is 15.5 Å². The third-order valence-electron chi connectivity index (χ3n) is 4.83. The Morgan fingerprint density at radius 1 is 1.21 bits per heavy atom. The van der Waals surface area contributed by atoms with Gasteiger partial charge in [-0.3, -0.25) is 9.59 Å². The summed E-state index contributed by atoms with van der Waals surface area (Å²) in [4.78, 5) is 26.7. The molecule has 0 unspecified atom stereocenters. The lowest BCUT2D eigenvalue weighted by atomic mass is 10.2. The number of halogens is 3. The quantitative estimate of drug-likeness (QED) is 0.478. The number of rotatable bonds is 5. The van der Waals surface area contributed by atoms with Crippen molar-refractivity contribution in [1.29, 1.82) is 0 Å². The number of para-hydroxylation sites is 3. The van der Waals surface area contributed by atoms with E-state index in [4.69, 9.17) is 0 Å². The summed E-state index contributed by atoms with van der Waals surface area (Å²) in [6.45, 7) is 1.80. The number of benzene rings is 2. The van der Waals surface area contributed by atoms with Crippen LogP contribution in [0, 0.1) is 0 Å². The summed E-state index contributed by atoms with van der Waals surface area (Å²) in [5.41, 5.74) is 0.253. The Morgan fingerprint density at radius 3 is 2.73 bits per heavy atom. The maximum atomic E-state index is 13.2. The van der Waals surface area contributed by atoms with Gasteiger partial charge in [0.15, 0.2) is 4.34 Å². The van der Waals surface area contributed by atoms with Crippen LogP contribution in [0.4, 0.5) is 35.4 Å². The van der Waals surface area contributed by atoms with Crippen LogP contribution in [0.3, 0.4) is 0 Å². The lowest BCUT2D eigenvalue weighted by Gasteiger charge is -2.27. The Morgan fingerprint density at radius 2 is 1.94 bits per heavy atom. The lowest BCUT2D eigenvalue weighted by molar-refractivity contribution is -0.137. The number of amides is 2. The average molecular weight is 494 g/mol. The highest BCUT2D eigenvalue weighted by atomic mass is 32.2. The van der Waals surface area contributed by atoms with E-state index in [9.17, 15) is 22.8 Å². The van der Waals surface area contributed by atoms with Gasteiger partial charge in [-0.25, -0.2) is 0 Å². The molecule has 2 heterocycles. The molecule has 3 aromatic rings. The highest BCUT2D eigenvalue weighted by Gasteiger charge is 2.33. The number of nitrogens with zero attached hydrogens (tertiary/aromatic N) is 3. The number of nitrogens with one attached hydrogen (secondary N) is 2. The van der Waals surface area contributed by atoms with Gasteiger partial charge in [0, 0.05) is 12.5 Å². The van der Waals surface area contributed by atoms with Crippen LogP contribution >= 0.6 is 23.1 Å². The topological polar surface area (TPSA) is 87.2 Å². The fourth-order valence-corrected chi connectivity index (χ4v) is 5.06. The van der Waals surface area contributed by atoms with Gasteiger partial charge in [0.2, 0.25) is 16.9 Å². The Balaban J connectivity index is 1.45. The van der Waals surface area contributed by atoms with Crippen LogP contribution in [0.2, 0.25) is 0 Å². The predicted molar refractivity (Wildman–Crippen MR) is 122 cm³/mol. The summed E-state index contributed by atoms with van der Waals surface area (Å²) < 4.78 is 40.0. The molecule has 0 aliphatic carbocycles. The standard InChI is InChI=1S/C21H18F3N5O2S2/c1-12-10-17(30)25-15-8-4-5-9-16(15)29(12)18(31)11-32-20-28-27-19(33-20)26-14-7-3-2-6-13(14)21(22,23)24/h2-9,12H,10-11H2,1H3,(H,25,30)(H,26,27)/t12-/m0/s1. The van der Waals surface area contributed by atoms with E-state index in [0.29, 0.717) is 15.7 Å². The second-order valence-electron chi connectivity index (χ2n) is 7.21. The van der Waals surface area contributed by atoms with Crippen molar-refractivity contribution in [2.24, 2.45) is 0 Å². The molecule has 0 saturated carbocycles. The maximum Gasteiger partial charge on any atom is 0.418 e. The van der Waals surface area contributed by atoms with Gasteiger partial charge in [0.25, 0.3) is 0 Å². The van der Waals surface area contributed by atoms with Gasteiger partial charge >= 0.3 is 6.18 Å². The van der Waals surface area contributed by atoms with E-state index < -0.39 is 11.7 Å². The molecule has 2 amide bonds. The zero-order valence-electron chi connectivity index (χ0n) is 17.2. The fraction of sp³-hybridized carbons (Fsp3) is 0.238. The second kappa shape index (κ2) is 9.40. The predicted octanol–water partition coefficient (Wildman–Crippen LogP) is 5.16. The molecule has 172 valence electrons. The number of anilines is 4. The number of alkyl halides is 3. The van der Waals surface area contributed by atoms with Crippen LogP contribution in [-0.4, -0.2) is 33.8 Å². The van der Waals surface area contributed by atoms with Crippen LogP contribution in [0.15, 0.2) is 52.9 Å². The van der Waals surface area contributed by atoms with E-state index in [1.165, 1.54) is 18.2 Å². The molecule has 1 aliphatic rings. The summed E-state index contributed by atoms with van der Waals surface area (Å²) in [6, 6.07) is 11.8. The fourth-order valence-electron chi connectivity index (χ4n) is 3.43. The van der Waals surface area contributed by atoms with Gasteiger partial charge in [0.05, 0.1) is 28.4 Å². The molecule has 1 aromatic heterocycles. The first-order valence-corrected chi connectivity index (χ1v) is 11.6. The maximum absolute atomic E-state index is 13.2. The second-order valence-corrected chi connectivity index (χ2v) is 9.41. The summed E-state index contributed by atoms with van der Waals surface area (Å²) in [5.74, 6) is -0.360. The number of carbonyl (C=O) groups is 2. The highest BCUT2D eigenvalue weighted by molar-refractivity contribution is 8.01. The first-order chi connectivity index (χ1) is 15.7. The van der Waals surface area contributed by atoms with Gasteiger partial charge in [-0.05, 0) is 31.2 Å². The van der Waals surface area contributed by atoms with Crippen molar-refractivity contribution < 1.29 is 22.8 Å². The summed E-state index contributed by atoms with van der Waals surface area (Å²) in [5, 5.41) is 13.5. The first-order valence-electron chi connectivity index (χ1n) is 9.83. The van der Waals surface area contributed by atoms with E-state index >= 15 is 0 Å². The third kappa shape index (κ3) is 5.28. The minimum atomic E-state index is -4.51. The molecule has 0 radical (unpaired) electrons. The third-order valence-corrected chi connectivity index (χ3v) is 6.78. The Bertz CT molecular complexity index is 1180. The number of thioether (sulfide) groups is 1. The Kier molecular flexibility index (Phi) is 6.56. The molecule has 33 heavy (non-hydrogen) atoms. The Labute approximate surface area is 195 Å². The van der Waals surface area contributed by atoms with Crippen LogP contribution in [0.5, 0.6) is 0 Å². The van der Waals surface area contributed by atoms with E-state index in [2.05, 4.69) is 20.8 Å². The van der Waals surface area contributed by atoms with Gasteiger partial charge in [0.1, 0.15) is 0 Å². The largest absolute Gasteiger partial charge is 0.418 e. The monoisotopic (exact) mass is 493 g/mol. The van der Waals surface area contributed by atoms with Crippen LogP contribution in [0.1, 0.15) is 18.9 Å². The number of carbonyl (C=O) groups excluding carboxylic acids is 2. The molecule has 0 spiro atoms. The van der Waals surface area contributed by atoms with E-state index in [0.717, 1.165) is 29.2 Å². The average Bonchev–Trinajstić information content (AvgIpc) is 3.15. The number of aromatic nitrogens is 2. The van der Waals surface area contributed by atoms with Crippen molar-refractivity contribution in [1.82, 2.24) is 10.2 Å². The van der Waals surface area contributed by atoms with Crippen LogP contribution in [-0.2, 0) is 15.8 Å². The van der Waals surface area contributed by atoms with Gasteiger partial charge in [-0.1, -0.05) is 47.4 Å². The molecule has 0 bridgehead atoms. The number of hydrogen-bond donors (Lipinski definition) is 2. The number of fused-ring (bicyclic) bond motifs is 1. The summed E-state index contributed by atoms with van der Waals surface area (Å²) in [7, 11) is 0. The lowest BCUT2D eigenvalue weighted by Crippen LogP contribution is -2.40. The smallest absolute Gasteiger partial charge is 0.330 e. The van der Waals surface area contributed by atoms with E-state index in [-0.39, 0.29) is 40.8 Å². The van der Waals surface area contributed by atoms with Crippen molar-refractivity contribution in [2.75, 3.05) is 21.3 Å². The molecule has 0 fully saturated rings. The summed E-state index contributed by atoms with van der Waals surface area (Å²) in [6.07, 6.45) is -4.34. The first kappa shape index (κ1) is 23.1. The zero-order valence-corrected chi connectivity index (χ0v) is 18.9. The molecule has 2 N–H and O–H groups in total. The van der Waals surface area contributed by atoms with Crippen LogP contribution < -0.4 is 15.5 Å². The molecular formula is C21H18F3N5O2S2. The van der Waals surface area contributed by atoms with Crippen molar-refractivity contribution in [3.8, 4) is 0 Å². The summed E-state index contributed by atoms with van der Waals surface area (Å²) >= 11 is 2.19. The molecule has 4 rings (SSSR count). The zero-order chi connectivity index (χ0) is 23.6. The molecule has 2 aromatic carbocycles. The number of hydrogen-bond acceptors (Lipinski definition) is 7. The highest BCUT2D eigenvalue weighted by Crippen LogP contribution is 2.37. The van der Waals surface area contributed by atoms with Gasteiger partial charge in [-0.2, -0.15) is 13.2 Å². The molecule has 1 aliphatic heterocycles. The minimum Gasteiger partial charge on any atom is -0.330 e. The van der Waals surface area contributed by atoms with Crippen molar-refractivity contribution >= 4 is 57.1 Å². The minimum absolute atomic E-state index is 0.0284. The van der Waals surface area contributed by atoms with Gasteiger partial charge in [-0.15, -0.1) is 10.2 Å². The molecule has 1 atom stereocenters. The normalized spacial score (nSPS) is 16.1. The molecule has 0 saturated heterocycles. The molecule has 12 heteroatoms. The molecular weight excluding hydrogens is 475 g/mol.